The van der Waals surface area contributed by atoms with Gasteiger partial charge in [-0.25, -0.2) is 4.98 Å². The van der Waals surface area contributed by atoms with E-state index in [9.17, 15) is 5.26 Å². The summed E-state index contributed by atoms with van der Waals surface area (Å²) < 4.78 is 17.0. The zero-order valence-electron chi connectivity index (χ0n) is 14.7. The van der Waals surface area contributed by atoms with Crippen molar-refractivity contribution in [2.24, 2.45) is 0 Å². The number of ether oxygens (including phenoxy) is 2. The van der Waals surface area contributed by atoms with Crippen molar-refractivity contribution in [3.05, 3.63) is 42.4 Å². The van der Waals surface area contributed by atoms with Crippen LogP contribution in [-0.4, -0.2) is 23.2 Å². The standard InChI is InChI=1S/C19H18N4O3/c1-11(2)26-18-12(9-20)19(21)23-17(15-5-4-8-25-15)16(18)13-10-22-7-6-14(13)24-3/h4-8,10-11H,1-3H3,(H2,21,23). The first-order valence-corrected chi connectivity index (χ1v) is 7.99. The molecular formula is C19H18N4O3. The quantitative estimate of drug-likeness (QED) is 0.748. The van der Waals surface area contributed by atoms with Gasteiger partial charge in [-0.1, -0.05) is 0 Å². The Labute approximate surface area is 151 Å². The van der Waals surface area contributed by atoms with Gasteiger partial charge in [-0.05, 0) is 32.0 Å². The number of rotatable bonds is 5. The van der Waals surface area contributed by atoms with Gasteiger partial charge in [0, 0.05) is 18.0 Å². The van der Waals surface area contributed by atoms with Gasteiger partial charge in [0.25, 0.3) is 0 Å². The summed E-state index contributed by atoms with van der Waals surface area (Å²) >= 11 is 0. The lowest BCUT2D eigenvalue weighted by Crippen LogP contribution is -2.11. The minimum atomic E-state index is -0.185. The molecular weight excluding hydrogens is 332 g/mol. The van der Waals surface area contributed by atoms with Crippen LogP contribution in [0.2, 0.25) is 0 Å². The number of aromatic nitrogens is 2. The molecule has 3 rings (SSSR count). The maximum atomic E-state index is 9.61. The molecule has 0 atom stereocenters. The number of pyridine rings is 2. The Morgan fingerprint density at radius 2 is 2.12 bits per heavy atom. The summed E-state index contributed by atoms with van der Waals surface area (Å²) in [5.41, 5.74) is 7.82. The van der Waals surface area contributed by atoms with E-state index in [1.165, 1.54) is 0 Å². The number of hydrogen-bond donors (Lipinski definition) is 1. The van der Waals surface area contributed by atoms with Gasteiger partial charge in [0.1, 0.15) is 28.9 Å². The van der Waals surface area contributed by atoms with Gasteiger partial charge in [-0.15, -0.1) is 0 Å². The van der Waals surface area contributed by atoms with Crippen LogP contribution in [0.4, 0.5) is 5.82 Å². The first-order valence-electron chi connectivity index (χ1n) is 7.99. The second kappa shape index (κ2) is 7.15. The molecule has 0 unspecified atom stereocenters. The number of nitrogens with zero attached hydrogens (tertiary/aromatic N) is 3. The maximum absolute atomic E-state index is 9.61. The lowest BCUT2D eigenvalue weighted by Gasteiger charge is -2.20. The third-order valence-corrected chi connectivity index (χ3v) is 3.67. The number of nitrogen functional groups attached to an aromatic ring is 1. The highest BCUT2D eigenvalue weighted by Crippen LogP contribution is 2.45. The number of hydrogen-bond acceptors (Lipinski definition) is 7. The maximum Gasteiger partial charge on any atom is 0.153 e. The number of furan rings is 1. The van der Waals surface area contributed by atoms with E-state index in [2.05, 4.69) is 16.0 Å². The molecule has 0 aliphatic heterocycles. The van der Waals surface area contributed by atoms with Crippen molar-refractivity contribution in [3.63, 3.8) is 0 Å². The predicted molar refractivity (Wildman–Crippen MR) is 96.6 cm³/mol. The summed E-state index contributed by atoms with van der Waals surface area (Å²) in [5.74, 6) is 1.46. The van der Waals surface area contributed by atoms with Crippen molar-refractivity contribution in [2.75, 3.05) is 12.8 Å². The molecule has 26 heavy (non-hydrogen) atoms. The molecule has 0 saturated heterocycles. The lowest BCUT2D eigenvalue weighted by atomic mass is 9.99. The predicted octanol–water partition coefficient (Wildman–Crippen LogP) is 3.65. The third kappa shape index (κ3) is 3.05. The average molecular weight is 350 g/mol. The van der Waals surface area contributed by atoms with Gasteiger partial charge in [0.15, 0.2) is 11.5 Å². The summed E-state index contributed by atoms with van der Waals surface area (Å²) in [6.07, 6.45) is 4.61. The zero-order chi connectivity index (χ0) is 18.7. The van der Waals surface area contributed by atoms with Gasteiger partial charge in [-0.3, -0.25) is 4.98 Å². The van der Waals surface area contributed by atoms with E-state index >= 15 is 0 Å². The molecule has 7 heteroatoms. The summed E-state index contributed by atoms with van der Waals surface area (Å²) in [7, 11) is 1.56. The minimum Gasteiger partial charge on any atom is -0.496 e. The van der Waals surface area contributed by atoms with Crippen molar-refractivity contribution < 1.29 is 13.9 Å². The first-order chi connectivity index (χ1) is 12.6. The summed E-state index contributed by atoms with van der Waals surface area (Å²) in [4.78, 5) is 8.59. The molecule has 0 aliphatic rings. The van der Waals surface area contributed by atoms with Crippen LogP contribution in [0, 0.1) is 11.3 Å². The van der Waals surface area contributed by atoms with Crippen LogP contribution in [0.3, 0.4) is 0 Å². The highest BCUT2D eigenvalue weighted by molar-refractivity contribution is 5.90. The summed E-state index contributed by atoms with van der Waals surface area (Å²) in [5, 5.41) is 9.61. The average Bonchev–Trinajstić information content (AvgIpc) is 3.15. The van der Waals surface area contributed by atoms with E-state index in [1.807, 2.05) is 13.8 Å². The number of methoxy groups -OCH3 is 1. The molecule has 0 amide bonds. The monoisotopic (exact) mass is 350 g/mol. The lowest BCUT2D eigenvalue weighted by molar-refractivity contribution is 0.242. The summed E-state index contributed by atoms with van der Waals surface area (Å²) in [6, 6.07) is 7.32. The van der Waals surface area contributed by atoms with Crippen molar-refractivity contribution in [2.45, 2.75) is 20.0 Å². The minimum absolute atomic E-state index is 0.0705. The first kappa shape index (κ1) is 17.3. The Morgan fingerprint density at radius 3 is 2.73 bits per heavy atom. The Kier molecular flexibility index (Phi) is 4.76. The number of nitriles is 1. The van der Waals surface area contributed by atoms with E-state index < -0.39 is 0 Å². The Morgan fingerprint density at radius 1 is 1.31 bits per heavy atom. The Bertz CT molecular complexity index is 960. The Balaban J connectivity index is 2.43. The van der Waals surface area contributed by atoms with Crippen molar-refractivity contribution in [1.29, 1.82) is 5.26 Å². The molecule has 132 valence electrons. The van der Waals surface area contributed by atoms with Gasteiger partial charge in [-0.2, -0.15) is 5.26 Å². The van der Waals surface area contributed by atoms with Crippen LogP contribution >= 0.6 is 0 Å². The van der Waals surface area contributed by atoms with E-state index in [0.717, 1.165) is 0 Å². The van der Waals surface area contributed by atoms with E-state index in [0.29, 0.717) is 34.1 Å². The van der Waals surface area contributed by atoms with Crippen molar-refractivity contribution in [1.82, 2.24) is 9.97 Å². The molecule has 3 heterocycles. The van der Waals surface area contributed by atoms with Crippen molar-refractivity contribution in [3.8, 4) is 40.1 Å². The van der Waals surface area contributed by atoms with Crippen LogP contribution in [-0.2, 0) is 0 Å². The van der Waals surface area contributed by atoms with Gasteiger partial charge < -0.3 is 19.6 Å². The molecule has 0 aliphatic carbocycles. The van der Waals surface area contributed by atoms with Crippen LogP contribution in [0.5, 0.6) is 11.5 Å². The van der Waals surface area contributed by atoms with Crippen LogP contribution in [0.1, 0.15) is 19.4 Å². The topological polar surface area (TPSA) is 107 Å². The number of anilines is 1. The number of nitrogens with two attached hydrogens (primary N) is 1. The molecule has 0 saturated carbocycles. The molecule has 0 fully saturated rings. The van der Waals surface area contributed by atoms with Crippen LogP contribution in [0.15, 0.2) is 41.3 Å². The highest BCUT2D eigenvalue weighted by atomic mass is 16.5. The zero-order valence-corrected chi connectivity index (χ0v) is 14.7. The molecule has 0 aromatic carbocycles. The van der Waals surface area contributed by atoms with Crippen molar-refractivity contribution >= 4 is 5.82 Å². The largest absolute Gasteiger partial charge is 0.496 e. The van der Waals surface area contributed by atoms with Crippen LogP contribution in [0.25, 0.3) is 22.6 Å². The second-order valence-corrected chi connectivity index (χ2v) is 5.76. The third-order valence-electron chi connectivity index (χ3n) is 3.67. The fourth-order valence-electron chi connectivity index (χ4n) is 2.63. The van der Waals surface area contributed by atoms with E-state index in [4.69, 9.17) is 19.6 Å². The van der Waals surface area contributed by atoms with Gasteiger partial charge >= 0.3 is 0 Å². The fraction of sp³-hybridized carbons (Fsp3) is 0.211. The molecule has 0 spiro atoms. The van der Waals surface area contributed by atoms with E-state index in [1.54, 1.807) is 44.0 Å². The van der Waals surface area contributed by atoms with Crippen LogP contribution < -0.4 is 15.2 Å². The van der Waals surface area contributed by atoms with Gasteiger partial charge in [0.05, 0.1) is 25.0 Å². The second-order valence-electron chi connectivity index (χ2n) is 5.76. The fourth-order valence-corrected chi connectivity index (χ4v) is 2.63. The molecule has 3 aromatic heterocycles. The molecule has 3 aromatic rings. The SMILES string of the molecule is COc1ccncc1-c1c(-c2ccco2)nc(N)c(C#N)c1OC(C)C. The van der Waals surface area contributed by atoms with E-state index in [-0.39, 0.29) is 17.5 Å². The molecule has 7 nitrogen and oxygen atoms in total. The molecule has 0 bridgehead atoms. The highest BCUT2D eigenvalue weighted by Gasteiger charge is 2.26. The molecule has 0 radical (unpaired) electrons. The smallest absolute Gasteiger partial charge is 0.153 e. The normalized spacial score (nSPS) is 10.6. The molecule has 2 N–H and O–H groups in total. The summed E-state index contributed by atoms with van der Waals surface area (Å²) in [6.45, 7) is 3.74. The van der Waals surface area contributed by atoms with Gasteiger partial charge in [0.2, 0.25) is 0 Å². The Hall–Kier alpha value is -3.53.